The zero-order chi connectivity index (χ0) is 13.9. The predicted octanol–water partition coefficient (Wildman–Crippen LogP) is 0.562. The molecule has 0 aliphatic carbocycles. The van der Waals surface area contributed by atoms with Gasteiger partial charge in [0.15, 0.2) is 0 Å². The van der Waals surface area contributed by atoms with E-state index in [1.807, 2.05) is 0 Å². The molecule has 0 bridgehead atoms. The molecule has 0 spiro atoms. The van der Waals surface area contributed by atoms with Gasteiger partial charge in [-0.3, -0.25) is 9.78 Å². The van der Waals surface area contributed by atoms with Crippen molar-refractivity contribution in [3.8, 4) is 0 Å². The lowest BCUT2D eigenvalue weighted by Gasteiger charge is -2.18. The van der Waals surface area contributed by atoms with E-state index in [1.165, 1.54) is 14.0 Å². The van der Waals surface area contributed by atoms with Crippen molar-refractivity contribution in [2.45, 2.75) is 11.8 Å². The average molecular weight is 276 g/mol. The van der Waals surface area contributed by atoms with Gasteiger partial charge in [-0.25, -0.2) is 17.1 Å². The minimum Gasteiger partial charge on any atom is -0.481 e. The number of halogens is 1. The van der Waals surface area contributed by atoms with Crippen LogP contribution in [0.1, 0.15) is 6.92 Å². The summed E-state index contributed by atoms with van der Waals surface area (Å²) in [7, 11) is -2.69. The molecule has 8 heteroatoms. The molecular formula is C10H13FN2O4S. The Balaban J connectivity index is 2.97. The molecule has 1 N–H and O–H groups in total. The third-order valence-electron chi connectivity index (χ3n) is 2.34. The summed E-state index contributed by atoms with van der Waals surface area (Å²) in [6.07, 6.45) is 1.90. The molecule has 0 aliphatic heterocycles. The van der Waals surface area contributed by atoms with Gasteiger partial charge in [0, 0.05) is 19.8 Å². The summed E-state index contributed by atoms with van der Waals surface area (Å²) in [5.41, 5.74) is 0. The first-order chi connectivity index (χ1) is 8.25. The molecule has 1 unspecified atom stereocenters. The number of carboxylic acids is 1. The van der Waals surface area contributed by atoms with Crippen molar-refractivity contribution in [2.24, 2.45) is 5.92 Å². The minimum absolute atomic E-state index is 0.200. The van der Waals surface area contributed by atoms with Crippen LogP contribution in [0.15, 0.2) is 23.4 Å². The van der Waals surface area contributed by atoms with Crippen LogP contribution in [-0.2, 0) is 14.8 Å². The lowest BCUT2D eigenvalue weighted by Crippen LogP contribution is -2.33. The highest BCUT2D eigenvalue weighted by Gasteiger charge is 2.25. The van der Waals surface area contributed by atoms with Gasteiger partial charge >= 0.3 is 5.97 Å². The van der Waals surface area contributed by atoms with Crippen molar-refractivity contribution in [3.05, 3.63) is 24.3 Å². The second-order valence-corrected chi connectivity index (χ2v) is 5.91. The molecule has 0 amide bonds. The first-order valence-corrected chi connectivity index (χ1v) is 6.49. The first kappa shape index (κ1) is 14.5. The maximum atomic E-state index is 12.9. The fourth-order valence-electron chi connectivity index (χ4n) is 1.28. The molecule has 0 aromatic carbocycles. The van der Waals surface area contributed by atoms with Gasteiger partial charge in [0.25, 0.3) is 0 Å². The van der Waals surface area contributed by atoms with Crippen molar-refractivity contribution in [3.63, 3.8) is 0 Å². The van der Waals surface area contributed by atoms with Crippen molar-refractivity contribution in [2.75, 3.05) is 13.6 Å². The first-order valence-electron chi connectivity index (χ1n) is 5.05. The van der Waals surface area contributed by atoms with E-state index in [4.69, 9.17) is 5.11 Å². The van der Waals surface area contributed by atoms with Crippen LogP contribution in [0, 0.1) is 11.7 Å². The molecule has 0 aliphatic rings. The Hall–Kier alpha value is -1.54. The number of carbonyl (C=O) groups is 1. The van der Waals surface area contributed by atoms with E-state index in [1.54, 1.807) is 0 Å². The molecule has 1 rings (SSSR count). The third kappa shape index (κ3) is 3.23. The maximum Gasteiger partial charge on any atom is 0.307 e. The topological polar surface area (TPSA) is 87.6 Å². The van der Waals surface area contributed by atoms with Crippen LogP contribution in [0.4, 0.5) is 4.39 Å². The molecule has 0 saturated carbocycles. The fraction of sp³-hybridized carbons (Fsp3) is 0.400. The quantitative estimate of drug-likeness (QED) is 0.849. The van der Waals surface area contributed by atoms with Crippen molar-refractivity contribution < 1.29 is 22.7 Å². The molecule has 6 nitrogen and oxygen atoms in total. The maximum absolute atomic E-state index is 12.9. The van der Waals surface area contributed by atoms with Crippen LogP contribution < -0.4 is 0 Å². The SMILES string of the molecule is CC(CN(C)S(=O)(=O)c1cncc(F)c1)C(=O)O. The Kier molecular flexibility index (Phi) is 4.36. The summed E-state index contributed by atoms with van der Waals surface area (Å²) >= 11 is 0. The van der Waals surface area contributed by atoms with Gasteiger partial charge in [-0.15, -0.1) is 0 Å². The van der Waals surface area contributed by atoms with Crippen LogP contribution >= 0.6 is 0 Å². The van der Waals surface area contributed by atoms with E-state index in [9.17, 15) is 17.6 Å². The molecule has 1 heterocycles. The van der Waals surface area contributed by atoms with E-state index >= 15 is 0 Å². The van der Waals surface area contributed by atoms with Gasteiger partial charge in [0.05, 0.1) is 12.1 Å². The van der Waals surface area contributed by atoms with Crippen LogP contribution in [0.25, 0.3) is 0 Å². The smallest absolute Gasteiger partial charge is 0.307 e. The minimum atomic E-state index is -3.92. The van der Waals surface area contributed by atoms with Crippen LogP contribution in [-0.4, -0.2) is 42.4 Å². The van der Waals surface area contributed by atoms with E-state index in [0.29, 0.717) is 0 Å². The largest absolute Gasteiger partial charge is 0.481 e. The van der Waals surface area contributed by atoms with Crippen LogP contribution in [0.5, 0.6) is 0 Å². The summed E-state index contributed by atoms with van der Waals surface area (Å²) < 4.78 is 37.7. The molecule has 100 valence electrons. The van der Waals surface area contributed by atoms with Gasteiger partial charge < -0.3 is 5.11 Å². The summed E-state index contributed by atoms with van der Waals surface area (Å²) in [5, 5.41) is 8.72. The van der Waals surface area contributed by atoms with Crippen LogP contribution in [0.2, 0.25) is 0 Å². The number of hydrogen-bond donors (Lipinski definition) is 1. The molecule has 0 fully saturated rings. The Morgan fingerprint density at radius 2 is 2.17 bits per heavy atom. The molecule has 1 atom stereocenters. The van der Waals surface area contributed by atoms with Gasteiger partial charge in [0.1, 0.15) is 10.7 Å². The van der Waals surface area contributed by atoms with Crippen molar-refractivity contribution in [1.82, 2.24) is 9.29 Å². The number of aromatic nitrogens is 1. The number of rotatable bonds is 5. The number of nitrogens with zero attached hydrogens (tertiary/aromatic N) is 2. The second kappa shape index (κ2) is 5.40. The lowest BCUT2D eigenvalue weighted by molar-refractivity contribution is -0.141. The van der Waals surface area contributed by atoms with Gasteiger partial charge in [-0.05, 0) is 6.07 Å². The number of hydrogen-bond acceptors (Lipinski definition) is 4. The second-order valence-electron chi connectivity index (χ2n) is 3.86. The van der Waals surface area contributed by atoms with E-state index in [-0.39, 0.29) is 11.4 Å². The van der Waals surface area contributed by atoms with Gasteiger partial charge in [-0.2, -0.15) is 0 Å². The summed E-state index contributed by atoms with van der Waals surface area (Å²) in [6, 6.07) is 0.838. The molecule has 0 saturated heterocycles. The fourth-order valence-corrected chi connectivity index (χ4v) is 2.51. The number of pyridine rings is 1. The Labute approximate surface area is 104 Å². The van der Waals surface area contributed by atoms with Crippen molar-refractivity contribution >= 4 is 16.0 Å². The van der Waals surface area contributed by atoms with Crippen LogP contribution in [0.3, 0.4) is 0 Å². The van der Waals surface area contributed by atoms with E-state index in [0.717, 1.165) is 22.8 Å². The standard InChI is InChI=1S/C10H13FN2O4S/c1-7(10(14)15)6-13(2)18(16,17)9-3-8(11)4-12-5-9/h3-5,7H,6H2,1-2H3,(H,14,15). The summed E-state index contributed by atoms with van der Waals surface area (Å²) in [4.78, 5) is 13.8. The lowest BCUT2D eigenvalue weighted by atomic mass is 10.2. The van der Waals surface area contributed by atoms with E-state index in [2.05, 4.69) is 4.98 Å². The summed E-state index contributed by atoms with van der Waals surface area (Å²) in [5.74, 6) is -2.73. The normalized spacial score (nSPS) is 13.6. The molecular weight excluding hydrogens is 263 g/mol. The molecule has 0 radical (unpaired) electrons. The Bertz CT molecular complexity index is 547. The molecule has 1 aromatic heterocycles. The zero-order valence-corrected chi connectivity index (χ0v) is 10.7. The third-order valence-corrected chi connectivity index (χ3v) is 4.13. The number of sulfonamides is 1. The Morgan fingerprint density at radius 1 is 1.56 bits per heavy atom. The number of aliphatic carboxylic acids is 1. The summed E-state index contributed by atoms with van der Waals surface area (Å²) in [6.45, 7) is 1.19. The highest BCUT2D eigenvalue weighted by atomic mass is 32.2. The van der Waals surface area contributed by atoms with Crippen molar-refractivity contribution in [1.29, 1.82) is 0 Å². The predicted molar refractivity (Wildman–Crippen MR) is 60.8 cm³/mol. The number of carboxylic acid groups (broad SMARTS) is 1. The zero-order valence-electron chi connectivity index (χ0n) is 9.87. The highest BCUT2D eigenvalue weighted by molar-refractivity contribution is 7.89. The van der Waals surface area contributed by atoms with Gasteiger partial charge in [-0.1, -0.05) is 6.92 Å². The monoisotopic (exact) mass is 276 g/mol. The Morgan fingerprint density at radius 3 is 2.67 bits per heavy atom. The highest BCUT2D eigenvalue weighted by Crippen LogP contribution is 2.15. The molecule has 18 heavy (non-hydrogen) atoms. The van der Waals surface area contributed by atoms with Gasteiger partial charge in [0.2, 0.25) is 10.0 Å². The average Bonchev–Trinajstić information content (AvgIpc) is 2.28. The van der Waals surface area contributed by atoms with E-state index < -0.39 is 27.7 Å². The molecule has 1 aromatic rings.